The summed E-state index contributed by atoms with van der Waals surface area (Å²) in [5.74, 6) is 3.24. The van der Waals surface area contributed by atoms with Gasteiger partial charge in [-0.25, -0.2) is 4.98 Å². The summed E-state index contributed by atoms with van der Waals surface area (Å²) in [6.45, 7) is 4.26. The van der Waals surface area contributed by atoms with Gasteiger partial charge in [0.2, 0.25) is 0 Å². The third kappa shape index (κ3) is 4.62. The predicted octanol–water partition coefficient (Wildman–Crippen LogP) is 3.49. The number of aromatic amines is 1. The van der Waals surface area contributed by atoms with Gasteiger partial charge in [-0.2, -0.15) is 0 Å². The third-order valence-electron chi connectivity index (χ3n) is 6.05. The molecule has 1 aliphatic rings. The highest BCUT2D eigenvalue weighted by atomic mass is 16.5. The van der Waals surface area contributed by atoms with Crippen LogP contribution < -0.4 is 19.8 Å². The van der Waals surface area contributed by atoms with Gasteiger partial charge in [0.15, 0.2) is 11.5 Å². The van der Waals surface area contributed by atoms with E-state index in [1.807, 2.05) is 31.2 Å². The Morgan fingerprint density at radius 2 is 1.66 bits per heavy atom. The van der Waals surface area contributed by atoms with Crippen LogP contribution in [-0.4, -0.2) is 49.3 Å². The lowest BCUT2D eigenvalue weighted by atomic mass is 9.86. The SMILES string of the molecule is COc1ccc([C@@H]2CN(Cc3ccc(OC)c(OC)c3)C[C@H]2c2cc(=O)[nH]c(C)n2)cc1. The second kappa shape index (κ2) is 9.44. The Bertz CT molecular complexity index is 1130. The van der Waals surface area contributed by atoms with E-state index >= 15 is 0 Å². The maximum atomic E-state index is 12.1. The van der Waals surface area contributed by atoms with E-state index in [0.29, 0.717) is 5.82 Å². The van der Waals surface area contributed by atoms with Crippen molar-refractivity contribution in [2.45, 2.75) is 25.3 Å². The molecule has 1 aliphatic heterocycles. The molecule has 0 unspecified atom stereocenters. The Morgan fingerprint density at radius 1 is 0.938 bits per heavy atom. The van der Waals surface area contributed by atoms with Crippen molar-refractivity contribution < 1.29 is 14.2 Å². The zero-order valence-corrected chi connectivity index (χ0v) is 18.9. The molecule has 0 bridgehead atoms. The van der Waals surface area contributed by atoms with E-state index in [4.69, 9.17) is 14.2 Å². The molecule has 1 saturated heterocycles. The number of aryl methyl sites for hydroxylation is 1. The van der Waals surface area contributed by atoms with Crippen LogP contribution in [-0.2, 0) is 6.54 Å². The average Bonchev–Trinajstić information content (AvgIpc) is 3.22. The van der Waals surface area contributed by atoms with Crippen molar-refractivity contribution in [2.24, 2.45) is 0 Å². The van der Waals surface area contributed by atoms with Gasteiger partial charge >= 0.3 is 0 Å². The molecule has 32 heavy (non-hydrogen) atoms. The van der Waals surface area contributed by atoms with Gasteiger partial charge < -0.3 is 19.2 Å². The van der Waals surface area contributed by atoms with Crippen molar-refractivity contribution in [3.63, 3.8) is 0 Å². The zero-order valence-electron chi connectivity index (χ0n) is 18.9. The van der Waals surface area contributed by atoms with E-state index in [9.17, 15) is 4.79 Å². The van der Waals surface area contributed by atoms with Gasteiger partial charge in [0, 0.05) is 37.5 Å². The zero-order chi connectivity index (χ0) is 22.7. The molecule has 7 heteroatoms. The Kier molecular flexibility index (Phi) is 6.46. The molecular formula is C25H29N3O4. The lowest BCUT2D eigenvalue weighted by molar-refractivity contribution is 0.320. The predicted molar refractivity (Wildman–Crippen MR) is 123 cm³/mol. The number of likely N-dealkylation sites (tertiary alicyclic amines) is 1. The fourth-order valence-electron chi connectivity index (χ4n) is 4.53. The average molecular weight is 436 g/mol. The van der Waals surface area contributed by atoms with Crippen LogP contribution in [0.5, 0.6) is 17.2 Å². The minimum atomic E-state index is -0.112. The van der Waals surface area contributed by atoms with Gasteiger partial charge in [0.25, 0.3) is 5.56 Å². The van der Waals surface area contributed by atoms with E-state index in [2.05, 4.69) is 33.1 Å². The van der Waals surface area contributed by atoms with Crippen molar-refractivity contribution in [3.05, 3.63) is 81.5 Å². The van der Waals surface area contributed by atoms with Gasteiger partial charge in [-0.15, -0.1) is 0 Å². The molecule has 1 fully saturated rings. The quantitative estimate of drug-likeness (QED) is 0.612. The first-order valence-electron chi connectivity index (χ1n) is 10.7. The summed E-state index contributed by atoms with van der Waals surface area (Å²) >= 11 is 0. The minimum Gasteiger partial charge on any atom is -0.497 e. The van der Waals surface area contributed by atoms with Crippen LogP contribution in [0.1, 0.15) is 34.5 Å². The molecule has 0 aliphatic carbocycles. The summed E-state index contributed by atoms with van der Waals surface area (Å²) in [5.41, 5.74) is 3.08. The fraction of sp³-hybridized carbons (Fsp3) is 0.360. The highest BCUT2D eigenvalue weighted by Crippen LogP contribution is 2.40. The number of hydrogen-bond donors (Lipinski definition) is 1. The van der Waals surface area contributed by atoms with Gasteiger partial charge in [-0.05, 0) is 42.3 Å². The summed E-state index contributed by atoms with van der Waals surface area (Å²) < 4.78 is 16.2. The monoisotopic (exact) mass is 435 g/mol. The fourth-order valence-corrected chi connectivity index (χ4v) is 4.53. The van der Waals surface area contributed by atoms with Crippen LogP contribution in [0.15, 0.2) is 53.3 Å². The number of methoxy groups -OCH3 is 3. The van der Waals surface area contributed by atoms with Crippen LogP contribution in [0.3, 0.4) is 0 Å². The molecule has 4 rings (SSSR count). The van der Waals surface area contributed by atoms with Crippen molar-refractivity contribution in [2.75, 3.05) is 34.4 Å². The molecule has 0 radical (unpaired) electrons. The number of nitrogens with zero attached hydrogens (tertiary/aromatic N) is 2. The van der Waals surface area contributed by atoms with Gasteiger partial charge in [0.05, 0.1) is 27.0 Å². The molecule has 0 amide bonds. The van der Waals surface area contributed by atoms with E-state index in [1.54, 1.807) is 27.4 Å². The van der Waals surface area contributed by atoms with Crippen molar-refractivity contribution >= 4 is 0 Å². The molecule has 0 saturated carbocycles. The van der Waals surface area contributed by atoms with Crippen LogP contribution in [0, 0.1) is 6.92 Å². The second-order valence-electron chi connectivity index (χ2n) is 8.13. The highest BCUT2D eigenvalue weighted by Gasteiger charge is 2.36. The Morgan fingerprint density at radius 3 is 2.31 bits per heavy atom. The number of benzene rings is 2. The van der Waals surface area contributed by atoms with E-state index in [-0.39, 0.29) is 17.4 Å². The summed E-state index contributed by atoms with van der Waals surface area (Å²) in [6, 6.07) is 15.8. The second-order valence-corrected chi connectivity index (χ2v) is 8.13. The van der Waals surface area contributed by atoms with Crippen LogP contribution in [0.2, 0.25) is 0 Å². The van der Waals surface area contributed by atoms with Crippen LogP contribution in [0.4, 0.5) is 0 Å². The van der Waals surface area contributed by atoms with E-state index in [0.717, 1.165) is 48.1 Å². The van der Waals surface area contributed by atoms with Crippen molar-refractivity contribution in [3.8, 4) is 17.2 Å². The lowest BCUT2D eigenvalue weighted by Gasteiger charge is -2.19. The first-order chi connectivity index (χ1) is 15.5. The molecular weight excluding hydrogens is 406 g/mol. The topological polar surface area (TPSA) is 76.7 Å². The number of ether oxygens (including phenoxy) is 3. The van der Waals surface area contributed by atoms with Crippen molar-refractivity contribution in [1.82, 2.24) is 14.9 Å². The standard InChI is InChI=1S/C25H29N3O4/c1-16-26-22(12-25(29)27-16)21-15-28(13-17-5-10-23(31-3)24(11-17)32-4)14-20(21)18-6-8-19(30-2)9-7-18/h5-12,20-21H,13-15H2,1-4H3,(H,26,27,29)/t20-,21+/m0/s1. The van der Waals surface area contributed by atoms with Gasteiger partial charge in [0.1, 0.15) is 11.6 Å². The summed E-state index contributed by atoms with van der Waals surface area (Å²) in [4.78, 5) is 22.0. The Balaban J connectivity index is 1.63. The van der Waals surface area contributed by atoms with Gasteiger partial charge in [-0.3, -0.25) is 9.69 Å². The van der Waals surface area contributed by atoms with Crippen LogP contribution >= 0.6 is 0 Å². The van der Waals surface area contributed by atoms with Gasteiger partial charge in [-0.1, -0.05) is 18.2 Å². The number of nitrogens with one attached hydrogen (secondary N) is 1. The highest BCUT2D eigenvalue weighted by molar-refractivity contribution is 5.43. The molecule has 2 aromatic carbocycles. The van der Waals surface area contributed by atoms with Crippen LogP contribution in [0.25, 0.3) is 0 Å². The number of rotatable bonds is 7. The smallest absolute Gasteiger partial charge is 0.251 e. The number of H-pyrrole nitrogens is 1. The number of hydrogen-bond acceptors (Lipinski definition) is 6. The summed E-state index contributed by atoms with van der Waals surface area (Å²) in [7, 11) is 4.95. The normalized spacial score (nSPS) is 18.5. The molecule has 0 spiro atoms. The molecule has 168 valence electrons. The Labute approximate surface area is 188 Å². The minimum absolute atomic E-state index is 0.112. The maximum absolute atomic E-state index is 12.1. The summed E-state index contributed by atoms with van der Waals surface area (Å²) in [5, 5.41) is 0. The third-order valence-corrected chi connectivity index (χ3v) is 6.05. The molecule has 2 heterocycles. The first kappa shape index (κ1) is 21.9. The van der Waals surface area contributed by atoms with E-state index in [1.165, 1.54) is 5.56 Å². The molecule has 2 atom stereocenters. The molecule has 1 N–H and O–H groups in total. The number of aromatic nitrogens is 2. The Hall–Kier alpha value is -3.32. The molecule has 1 aromatic heterocycles. The lowest BCUT2D eigenvalue weighted by Crippen LogP contribution is -2.21. The van der Waals surface area contributed by atoms with Crippen molar-refractivity contribution in [1.29, 1.82) is 0 Å². The molecule has 7 nitrogen and oxygen atoms in total. The maximum Gasteiger partial charge on any atom is 0.251 e. The summed E-state index contributed by atoms with van der Waals surface area (Å²) in [6.07, 6.45) is 0. The largest absolute Gasteiger partial charge is 0.497 e. The molecule has 3 aromatic rings. The first-order valence-corrected chi connectivity index (χ1v) is 10.7. The van der Waals surface area contributed by atoms with E-state index < -0.39 is 0 Å².